The Labute approximate surface area is 196 Å². The number of carbonyl (C=O) groups is 2. The first-order chi connectivity index (χ1) is 16.4. The summed E-state index contributed by atoms with van der Waals surface area (Å²) in [6, 6.07) is 19.1. The molecule has 4 rings (SSSR count). The number of rotatable bonds is 7. The molecule has 7 heteroatoms. The number of carbonyl (C=O) groups excluding carboxylic acids is 2. The van der Waals surface area contributed by atoms with Gasteiger partial charge in [-0.3, -0.25) is 9.59 Å². The SMILES string of the molecule is COc1ccc(/C(O)=C2/C(=O)C(=O)N(CCc3ccc(F)cc3)C2c2ccccc2)cc1OC. The number of methoxy groups -OCH3 is 2. The van der Waals surface area contributed by atoms with Crippen LogP contribution in [0.5, 0.6) is 11.5 Å². The molecule has 1 fully saturated rings. The summed E-state index contributed by atoms with van der Waals surface area (Å²) in [7, 11) is 2.97. The van der Waals surface area contributed by atoms with Crippen molar-refractivity contribution in [1.29, 1.82) is 0 Å². The Morgan fingerprint density at radius 3 is 2.26 bits per heavy atom. The van der Waals surface area contributed by atoms with Gasteiger partial charge in [-0.2, -0.15) is 0 Å². The lowest BCUT2D eigenvalue weighted by Crippen LogP contribution is -2.31. The zero-order valence-corrected chi connectivity index (χ0v) is 18.8. The normalized spacial score (nSPS) is 17.1. The number of halogens is 1. The van der Waals surface area contributed by atoms with Gasteiger partial charge in [0.05, 0.1) is 25.8 Å². The number of aliphatic hydroxyl groups excluding tert-OH is 1. The van der Waals surface area contributed by atoms with E-state index in [2.05, 4.69) is 0 Å². The Bertz CT molecular complexity index is 1240. The second-order valence-electron chi connectivity index (χ2n) is 7.85. The van der Waals surface area contributed by atoms with Crippen LogP contribution in [-0.2, 0) is 16.0 Å². The molecule has 174 valence electrons. The number of amides is 1. The number of ketones is 1. The molecule has 0 aromatic heterocycles. The fourth-order valence-corrected chi connectivity index (χ4v) is 4.13. The third-order valence-electron chi connectivity index (χ3n) is 5.87. The summed E-state index contributed by atoms with van der Waals surface area (Å²) >= 11 is 0. The molecule has 1 aliphatic heterocycles. The maximum Gasteiger partial charge on any atom is 0.295 e. The van der Waals surface area contributed by atoms with Crippen molar-refractivity contribution >= 4 is 17.4 Å². The predicted molar refractivity (Wildman–Crippen MR) is 125 cm³/mol. The molecular formula is C27H24FNO5. The fraction of sp³-hybridized carbons (Fsp3) is 0.185. The summed E-state index contributed by atoms with van der Waals surface area (Å²) in [4.78, 5) is 27.6. The highest BCUT2D eigenvalue weighted by Gasteiger charge is 2.45. The minimum absolute atomic E-state index is 0.00234. The minimum atomic E-state index is -0.769. The summed E-state index contributed by atoms with van der Waals surface area (Å²) in [5.74, 6) is -1.24. The molecule has 34 heavy (non-hydrogen) atoms. The third kappa shape index (κ3) is 4.37. The lowest BCUT2D eigenvalue weighted by molar-refractivity contribution is -0.139. The van der Waals surface area contributed by atoms with Crippen molar-refractivity contribution < 1.29 is 28.6 Å². The van der Waals surface area contributed by atoms with Crippen molar-refractivity contribution in [2.24, 2.45) is 0 Å². The molecule has 0 bridgehead atoms. The van der Waals surface area contributed by atoms with Crippen LogP contribution in [0.3, 0.4) is 0 Å². The quantitative estimate of drug-likeness (QED) is 0.318. The number of hydrogen-bond donors (Lipinski definition) is 1. The number of aliphatic hydroxyl groups is 1. The van der Waals surface area contributed by atoms with Gasteiger partial charge in [-0.15, -0.1) is 0 Å². The Kier molecular flexibility index (Phi) is 6.63. The highest BCUT2D eigenvalue weighted by molar-refractivity contribution is 6.46. The third-order valence-corrected chi connectivity index (χ3v) is 5.87. The number of hydrogen-bond acceptors (Lipinski definition) is 5. The van der Waals surface area contributed by atoms with Crippen LogP contribution in [-0.4, -0.2) is 42.5 Å². The van der Waals surface area contributed by atoms with E-state index in [0.717, 1.165) is 5.56 Å². The van der Waals surface area contributed by atoms with Crippen LogP contribution in [0.1, 0.15) is 22.7 Å². The van der Waals surface area contributed by atoms with E-state index in [9.17, 15) is 19.1 Å². The Morgan fingerprint density at radius 1 is 0.941 bits per heavy atom. The standard InChI is InChI=1S/C27H24FNO5/c1-33-21-13-10-19(16-22(21)34-2)25(30)23-24(18-6-4-3-5-7-18)29(27(32)26(23)31)15-14-17-8-11-20(28)12-9-17/h3-13,16,24,30H,14-15H2,1-2H3/b25-23-. The van der Waals surface area contributed by atoms with Crippen molar-refractivity contribution in [2.45, 2.75) is 12.5 Å². The van der Waals surface area contributed by atoms with E-state index in [1.165, 1.54) is 31.3 Å². The van der Waals surface area contributed by atoms with Crippen LogP contribution in [0.2, 0.25) is 0 Å². The van der Waals surface area contributed by atoms with E-state index in [0.29, 0.717) is 29.0 Å². The van der Waals surface area contributed by atoms with Crippen LogP contribution in [0.4, 0.5) is 4.39 Å². The first-order valence-corrected chi connectivity index (χ1v) is 10.7. The molecule has 0 radical (unpaired) electrons. The number of benzene rings is 3. The number of nitrogens with zero attached hydrogens (tertiary/aromatic N) is 1. The lowest BCUT2D eigenvalue weighted by Gasteiger charge is -2.25. The largest absolute Gasteiger partial charge is 0.507 e. The summed E-state index contributed by atoms with van der Waals surface area (Å²) in [6.07, 6.45) is 0.424. The molecule has 0 saturated carbocycles. The monoisotopic (exact) mass is 461 g/mol. The molecule has 1 amide bonds. The molecule has 1 aliphatic rings. The van der Waals surface area contributed by atoms with Gasteiger partial charge in [-0.1, -0.05) is 42.5 Å². The molecule has 1 N–H and O–H groups in total. The minimum Gasteiger partial charge on any atom is -0.507 e. The van der Waals surface area contributed by atoms with E-state index in [1.807, 2.05) is 30.3 Å². The second-order valence-corrected chi connectivity index (χ2v) is 7.85. The maximum absolute atomic E-state index is 13.3. The number of likely N-dealkylation sites (tertiary alicyclic amines) is 1. The van der Waals surface area contributed by atoms with E-state index in [4.69, 9.17) is 9.47 Å². The van der Waals surface area contributed by atoms with Crippen molar-refractivity contribution in [3.63, 3.8) is 0 Å². The van der Waals surface area contributed by atoms with Crippen LogP contribution in [0, 0.1) is 5.82 Å². The highest BCUT2D eigenvalue weighted by atomic mass is 19.1. The second kappa shape index (κ2) is 9.79. The van der Waals surface area contributed by atoms with Gasteiger partial charge in [-0.05, 0) is 47.9 Å². The van der Waals surface area contributed by atoms with Gasteiger partial charge in [-0.25, -0.2) is 4.39 Å². The fourth-order valence-electron chi connectivity index (χ4n) is 4.13. The molecule has 0 aliphatic carbocycles. The number of Topliss-reactive ketones (excluding diaryl/α,β-unsaturated/α-hetero) is 1. The van der Waals surface area contributed by atoms with Crippen molar-refractivity contribution in [3.8, 4) is 11.5 Å². The van der Waals surface area contributed by atoms with E-state index in [1.54, 1.807) is 30.3 Å². The average molecular weight is 461 g/mol. The van der Waals surface area contributed by atoms with E-state index in [-0.39, 0.29) is 23.7 Å². The molecule has 6 nitrogen and oxygen atoms in total. The van der Waals surface area contributed by atoms with E-state index < -0.39 is 17.7 Å². The molecule has 3 aromatic carbocycles. The molecule has 1 saturated heterocycles. The molecule has 1 atom stereocenters. The van der Waals surface area contributed by atoms with Gasteiger partial charge < -0.3 is 19.5 Å². The van der Waals surface area contributed by atoms with Gasteiger partial charge in [0, 0.05) is 12.1 Å². The summed E-state index contributed by atoms with van der Waals surface area (Å²) in [5, 5.41) is 11.2. The van der Waals surface area contributed by atoms with Crippen molar-refractivity contribution in [3.05, 3.63) is 101 Å². The van der Waals surface area contributed by atoms with Gasteiger partial charge in [0.25, 0.3) is 11.7 Å². The van der Waals surface area contributed by atoms with Gasteiger partial charge in [0.2, 0.25) is 0 Å². The van der Waals surface area contributed by atoms with Gasteiger partial charge >= 0.3 is 0 Å². The molecule has 0 spiro atoms. The Hall–Kier alpha value is -4.13. The van der Waals surface area contributed by atoms with E-state index >= 15 is 0 Å². The van der Waals surface area contributed by atoms with Crippen molar-refractivity contribution in [1.82, 2.24) is 4.90 Å². The highest BCUT2D eigenvalue weighted by Crippen LogP contribution is 2.40. The average Bonchev–Trinajstić information content (AvgIpc) is 3.13. The molecular weight excluding hydrogens is 437 g/mol. The smallest absolute Gasteiger partial charge is 0.295 e. The van der Waals surface area contributed by atoms with Crippen LogP contribution in [0.25, 0.3) is 5.76 Å². The molecule has 1 unspecified atom stereocenters. The maximum atomic E-state index is 13.3. The summed E-state index contributed by atoms with van der Waals surface area (Å²) < 4.78 is 23.8. The Balaban J connectivity index is 1.77. The van der Waals surface area contributed by atoms with Gasteiger partial charge in [0.1, 0.15) is 11.6 Å². The lowest BCUT2D eigenvalue weighted by atomic mass is 9.95. The predicted octanol–water partition coefficient (Wildman–Crippen LogP) is 4.51. The summed E-state index contributed by atoms with van der Waals surface area (Å²) in [6.45, 7) is 0.221. The van der Waals surface area contributed by atoms with Crippen LogP contribution >= 0.6 is 0 Å². The first-order valence-electron chi connectivity index (χ1n) is 10.7. The zero-order chi connectivity index (χ0) is 24.2. The molecule has 3 aromatic rings. The first kappa shape index (κ1) is 23.0. The topological polar surface area (TPSA) is 76.1 Å². The van der Waals surface area contributed by atoms with Gasteiger partial charge in [0.15, 0.2) is 11.5 Å². The summed E-state index contributed by atoms with van der Waals surface area (Å²) in [5.41, 5.74) is 1.86. The van der Waals surface area contributed by atoms with Crippen molar-refractivity contribution in [2.75, 3.05) is 20.8 Å². The van der Waals surface area contributed by atoms with Crippen LogP contribution in [0.15, 0.2) is 78.4 Å². The zero-order valence-electron chi connectivity index (χ0n) is 18.8. The number of ether oxygens (including phenoxy) is 2. The Morgan fingerprint density at radius 2 is 1.62 bits per heavy atom. The molecule has 1 heterocycles. The van der Waals surface area contributed by atoms with Crippen LogP contribution < -0.4 is 9.47 Å².